The fourth-order valence-electron chi connectivity index (χ4n) is 4.17. The summed E-state index contributed by atoms with van der Waals surface area (Å²) in [5.74, 6) is 3.90. The Kier molecular flexibility index (Phi) is 9.70. The van der Waals surface area contributed by atoms with Crippen molar-refractivity contribution in [1.29, 1.82) is 0 Å². The van der Waals surface area contributed by atoms with E-state index in [1.54, 1.807) is 0 Å². The van der Waals surface area contributed by atoms with Crippen molar-refractivity contribution in [3.8, 4) is 0 Å². The average molecular weight is 313 g/mol. The summed E-state index contributed by atoms with van der Waals surface area (Å²) >= 11 is 0. The summed E-state index contributed by atoms with van der Waals surface area (Å²) in [6, 6.07) is 0. The second-order valence-electron chi connectivity index (χ2n) is 6.12. The number of carbonyl (C=O) groups is 1. The number of esters is 1. The molecule has 5 heteroatoms. The van der Waals surface area contributed by atoms with Gasteiger partial charge in [-0.3, -0.25) is 14.9 Å². The molecule has 2 fully saturated rings. The first-order valence-corrected chi connectivity index (χ1v) is 8.12. The van der Waals surface area contributed by atoms with Crippen LogP contribution in [0.5, 0.6) is 0 Å². The van der Waals surface area contributed by atoms with Crippen LogP contribution in [0, 0.1) is 39.7 Å². The number of nitro groups is 1. The van der Waals surface area contributed by atoms with E-state index in [1.165, 1.54) is 19.3 Å². The Labute approximate surface area is 134 Å². The third-order valence-corrected chi connectivity index (χ3v) is 4.89. The summed E-state index contributed by atoms with van der Waals surface area (Å²) in [6.07, 6.45) is 4.73. The monoisotopic (exact) mass is 313 g/mol. The van der Waals surface area contributed by atoms with Gasteiger partial charge in [0.15, 0.2) is 7.05 Å². The Bertz CT molecular complexity index is 355. The summed E-state index contributed by atoms with van der Waals surface area (Å²) < 4.78 is 5.06. The molecule has 0 heterocycles. The van der Waals surface area contributed by atoms with E-state index in [0.29, 0.717) is 18.9 Å². The van der Waals surface area contributed by atoms with Crippen molar-refractivity contribution < 1.29 is 14.5 Å². The second-order valence-corrected chi connectivity index (χ2v) is 6.12. The van der Waals surface area contributed by atoms with Crippen LogP contribution in [0.2, 0.25) is 0 Å². The lowest BCUT2D eigenvalue weighted by Crippen LogP contribution is -2.51. The molecule has 0 aromatic carbocycles. The molecule has 2 rings (SSSR count). The summed E-state index contributed by atoms with van der Waals surface area (Å²) in [5, 5.41) is 8.81. The highest BCUT2D eigenvalue weighted by molar-refractivity contribution is 5.69. The van der Waals surface area contributed by atoms with Gasteiger partial charge < -0.3 is 4.74 Å². The molecule has 128 valence electrons. The molecule has 5 nitrogen and oxygen atoms in total. The molecule has 0 N–H and O–H groups in total. The van der Waals surface area contributed by atoms with Crippen LogP contribution < -0.4 is 0 Å². The van der Waals surface area contributed by atoms with Gasteiger partial charge in [-0.25, -0.2) is 0 Å². The fourth-order valence-corrected chi connectivity index (χ4v) is 4.17. The van der Waals surface area contributed by atoms with Gasteiger partial charge in [-0.15, -0.1) is 13.2 Å². The van der Waals surface area contributed by atoms with E-state index in [1.807, 2.05) is 6.92 Å². The zero-order valence-electron chi connectivity index (χ0n) is 14.4. The molecule has 2 aliphatic rings. The minimum absolute atomic E-state index is 0.0102. The highest BCUT2D eigenvalue weighted by atomic mass is 16.6. The van der Waals surface area contributed by atoms with Crippen molar-refractivity contribution in [2.75, 3.05) is 13.7 Å². The van der Waals surface area contributed by atoms with Crippen molar-refractivity contribution in [3.63, 3.8) is 0 Å². The maximum absolute atomic E-state index is 11.5. The minimum Gasteiger partial charge on any atom is -0.466 e. The molecule has 0 saturated heterocycles. The summed E-state index contributed by atoms with van der Waals surface area (Å²) in [6.45, 7) is 13.1. The van der Waals surface area contributed by atoms with Crippen LogP contribution in [0.3, 0.4) is 0 Å². The maximum atomic E-state index is 11.5. The van der Waals surface area contributed by atoms with E-state index in [-0.39, 0.29) is 5.97 Å². The SMILES string of the molecule is C=C.CCOC(=O)CC1[C@H]2CCCC(C)[C@H]2[C@H]1C.C[N+](=O)[O-]. The quantitative estimate of drug-likeness (QED) is 0.342. The van der Waals surface area contributed by atoms with E-state index in [4.69, 9.17) is 14.9 Å². The van der Waals surface area contributed by atoms with E-state index < -0.39 is 4.92 Å². The molecule has 0 aliphatic heterocycles. The largest absolute Gasteiger partial charge is 0.466 e. The number of hydrogen-bond acceptors (Lipinski definition) is 4. The molecule has 0 radical (unpaired) electrons. The van der Waals surface area contributed by atoms with Crippen LogP contribution in [-0.4, -0.2) is 24.5 Å². The molecular weight excluding hydrogens is 282 g/mol. The second kappa shape index (κ2) is 10.4. The van der Waals surface area contributed by atoms with Crippen molar-refractivity contribution in [2.45, 2.75) is 46.5 Å². The number of hydrogen-bond donors (Lipinski definition) is 0. The van der Waals surface area contributed by atoms with Gasteiger partial charge in [-0.05, 0) is 42.9 Å². The summed E-state index contributed by atoms with van der Waals surface area (Å²) in [7, 11) is 0.889. The van der Waals surface area contributed by atoms with Gasteiger partial charge >= 0.3 is 5.97 Å². The standard InChI is InChI=1S/C14H24O2.C2H4.CH3NO2/c1-4-16-13(15)8-12-10(3)14-9(2)6-5-7-11(12)14;1-2;1-2(3)4/h9-12,14H,4-8H2,1-3H3;1-2H2;1H3/t9?,10-,11+,12?,14-;;/m0../s1. The number of rotatable bonds is 3. The van der Waals surface area contributed by atoms with Crippen molar-refractivity contribution in [2.24, 2.45) is 29.6 Å². The van der Waals surface area contributed by atoms with Gasteiger partial charge in [0, 0.05) is 11.3 Å². The highest BCUT2D eigenvalue weighted by Crippen LogP contribution is 2.56. The summed E-state index contributed by atoms with van der Waals surface area (Å²) in [5.41, 5.74) is 0. The topological polar surface area (TPSA) is 69.4 Å². The van der Waals surface area contributed by atoms with Gasteiger partial charge in [0.1, 0.15) is 0 Å². The Balaban J connectivity index is 0.000000640. The molecule has 2 aliphatic carbocycles. The number of fused-ring (bicyclic) bond motifs is 1. The van der Waals surface area contributed by atoms with Crippen molar-refractivity contribution in [1.82, 2.24) is 0 Å². The number of carbonyl (C=O) groups excluding carboxylic acids is 1. The Hall–Kier alpha value is -1.39. The first-order valence-electron chi connectivity index (χ1n) is 8.12. The van der Waals surface area contributed by atoms with E-state index in [9.17, 15) is 4.79 Å². The van der Waals surface area contributed by atoms with Crippen molar-refractivity contribution >= 4 is 5.97 Å². The lowest BCUT2D eigenvalue weighted by molar-refractivity contribution is -0.445. The van der Waals surface area contributed by atoms with Gasteiger partial charge in [-0.1, -0.05) is 26.7 Å². The lowest BCUT2D eigenvalue weighted by atomic mass is 9.49. The van der Waals surface area contributed by atoms with Crippen LogP contribution in [0.4, 0.5) is 0 Å². The molecule has 0 aromatic rings. The first kappa shape index (κ1) is 20.6. The van der Waals surface area contributed by atoms with Gasteiger partial charge in [0.25, 0.3) is 0 Å². The van der Waals surface area contributed by atoms with Gasteiger partial charge in [-0.2, -0.15) is 0 Å². The molecule has 0 aromatic heterocycles. The molecule has 0 amide bonds. The van der Waals surface area contributed by atoms with Crippen LogP contribution in [0.25, 0.3) is 0 Å². The van der Waals surface area contributed by atoms with Crippen molar-refractivity contribution in [3.05, 3.63) is 23.3 Å². The zero-order chi connectivity index (χ0) is 17.3. The first-order chi connectivity index (χ1) is 10.4. The molecule has 0 bridgehead atoms. The number of nitrogens with zero attached hydrogens (tertiary/aromatic N) is 1. The molecule has 5 atom stereocenters. The Morgan fingerprint density at radius 2 is 1.86 bits per heavy atom. The highest BCUT2D eigenvalue weighted by Gasteiger charge is 2.51. The predicted octanol–water partition coefficient (Wildman–Crippen LogP) is 3.95. The van der Waals surface area contributed by atoms with Crippen LogP contribution in [-0.2, 0) is 9.53 Å². The van der Waals surface area contributed by atoms with Gasteiger partial charge in [0.2, 0.25) is 0 Å². The van der Waals surface area contributed by atoms with Crippen LogP contribution in [0.15, 0.2) is 13.2 Å². The fraction of sp³-hybridized carbons (Fsp3) is 0.824. The van der Waals surface area contributed by atoms with E-state index >= 15 is 0 Å². The minimum atomic E-state index is -0.500. The number of ether oxygens (including phenoxy) is 1. The molecule has 0 spiro atoms. The average Bonchev–Trinajstić information content (AvgIpc) is 2.46. The van der Waals surface area contributed by atoms with Crippen LogP contribution >= 0.6 is 0 Å². The zero-order valence-corrected chi connectivity index (χ0v) is 14.4. The van der Waals surface area contributed by atoms with E-state index in [0.717, 1.165) is 30.7 Å². The Morgan fingerprint density at radius 1 is 1.32 bits per heavy atom. The lowest BCUT2D eigenvalue weighted by Gasteiger charge is -2.56. The molecule has 2 saturated carbocycles. The van der Waals surface area contributed by atoms with Crippen LogP contribution in [0.1, 0.15) is 46.5 Å². The Morgan fingerprint density at radius 3 is 2.36 bits per heavy atom. The molecule has 2 unspecified atom stereocenters. The third-order valence-electron chi connectivity index (χ3n) is 4.89. The normalized spacial score (nSPS) is 31.9. The third kappa shape index (κ3) is 5.78. The smallest absolute Gasteiger partial charge is 0.306 e. The van der Waals surface area contributed by atoms with Gasteiger partial charge in [0.05, 0.1) is 6.61 Å². The molecular formula is C17H31NO4. The predicted molar refractivity (Wildman–Crippen MR) is 88.1 cm³/mol. The maximum Gasteiger partial charge on any atom is 0.306 e. The van der Waals surface area contributed by atoms with E-state index in [2.05, 4.69) is 27.0 Å². The molecule has 22 heavy (non-hydrogen) atoms. The summed E-state index contributed by atoms with van der Waals surface area (Å²) in [4.78, 5) is 19.8.